The van der Waals surface area contributed by atoms with E-state index in [0.717, 1.165) is 38.4 Å². The van der Waals surface area contributed by atoms with Crippen LogP contribution in [0.1, 0.15) is 12.2 Å². The Hall–Kier alpha value is -1.56. The maximum Gasteiger partial charge on any atom is 0.144 e. The predicted molar refractivity (Wildman–Crippen MR) is 86.2 cm³/mol. The van der Waals surface area contributed by atoms with Gasteiger partial charge in [-0.3, -0.25) is 5.32 Å². The van der Waals surface area contributed by atoms with Crippen LogP contribution in [0, 0.1) is 0 Å². The summed E-state index contributed by atoms with van der Waals surface area (Å²) in [5.74, 6) is 0.917. The SMILES string of the molecule is COC1(NCc2ccco2)C=C(N2CCN(C)CC2)C=CC1. The summed E-state index contributed by atoms with van der Waals surface area (Å²) < 4.78 is 11.2. The van der Waals surface area contributed by atoms with E-state index in [1.807, 2.05) is 12.1 Å². The molecule has 1 aromatic heterocycles. The molecule has 0 saturated carbocycles. The Morgan fingerprint density at radius 3 is 2.82 bits per heavy atom. The highest BCUT2D eigenvalue weighted by Crippen LogP contribution is 2.25. The average Bonchev–Trinajstić information content (AvgIpc) is 3.07. The number of ether oxygens (including phenoxy) is 1. The van der Waals surface area contributed by atoms with Crippen LogP contribution in [0.4, 0.5) is 0 Å². The topological polar surface area (TPSA) is 40.9 Å². The second-order valence-electron chi connectivity index (χ2n) is 5.99. The first-order valence-corrected chi connectivity index (χ1v) is 7.86. The molecule has 2 aliphatic rings. The van der Waals surface area contributed by atoms with Crippen molar-refractivity contribution in [2.24, 2.45) is 0 Å². The molecule has 5 heteroatoms. The van der Waals surface area contributed by atoms with Crippen molar-refractivity contribution in [3.05, 3.63) is 48.1 Å². The molecule has 1 aliphatic carbocycles. The van der Waals surface area contributed by atoms with E-state index in [-0.39, 0.29) is 0 Å². The highest BCUT2D eigenvalue weighted by molar-refractivity contribution is 5.28. The normalized spacial score (nSPS) is 26.3. The molecule has 0 aromatic carbocycles. The molecular weight excluding hydrogens is 278 g/mol. The minimum atomic E-state index is -0.458. The molecule has 0 bridgehead atoms. The van der Waals surface area contributed by atoms with Gasteiger partial charge in [-0.2, -0.15) is 0 Å². The van der Waals surface area contributed by atoms with E-state index in [4.69, 9.17) is 9.15 Å². The molecule has 0 spiro atoms. The standard InChI is InChI=1S/C17H25N3O2/c1-19-8-10-20(11-9-19)15-5-3-7-17(13-15,21-2)18-14-16-6-4-12-22-16/h3-6,12-13,18H,7-11,14H2,1-2H3. The zero-order valence-electron chi connectivity index (χ0n) is 13.4. The van der Waals surface area contributed by atoms with Crippen LogP contribution in [0.25, 0.3) is 0 Å². The van der Waals surface area contributed by atoms with Crippen molar-refractivity contribution in [1.29, 1.82) is 0 Å². The summed E-state index contributed by atoms with van der Waals surface area (Å²) in [6.07, 6.45) is 9.12. The number of methoxy groups -OCH3 is 1. The molecule has 0 amide bonds. The Morgan fingerprint density at radius 2 is 2.14 bits per heavy atom. The third-order valence-electron chi connectivity index (χ3n) is 4.47. The first-order valence-electron chi connectivity index (χ1n) is 7.86. The van der Waals surface area contributed by atoms with E-state index < -0.39 is 5.72 Å². The summed E-state index contributed by atoms with van der Waals surface area (Å²) >= 11 is 0. The Morgan fingerprint density at radius 1 is 1.32 bits per heavy atom. The number of hydrogen-bond donors (Lipinski definition) is 1. The highest BCUT2D eigenvalue weighted by atomic mass is 16.5. The second kappa shape index (κ2) is 6.69. The summed E-state index contributed by atoms with van der Waals surface area (Å²) in [5, 5.41) is 3.48. The van der Waals surface area contributed by atoms with Gasteiger partial charge < -0.3 is 19.0 Å². The lowest BCUT2D eigenvalue weighted by atomic mass is 10.0. The lowest BCUT2D eigenvalue weighted by molar-refractivity contribution is -0.00127. The van der Waals surface area contributed by atoms with Gasteiger partial charge in [-0.1, -0.05) is 6.08 Å². The zero-order valence-corrected chi connectivity index (χ0v) is 13.4. The molecule has 1 N–H and O–H groups in total. The van der Waals surface area contributed by atoms with Crippen LogP contribution in [0.15, 0.2) is 46.7 Å². The molecule has 1 fully saturated rings. The number of hydrogen-bond acceptors (Lipinski definition) is 5. The minimum absolute atomic E-state index is 0.458. The van der Waals surface area contributed by atoms with Crippen LogP contribution < -0.4 is 5.32 Å². The predicted octanol–water partition coefficient (Wildman–Crippen LogP) is 1.80. The first kappa shape index (κ1) is 15.3. The number of nitrogens with zero attached hydrogens (tertiary/aromatic N) is 2. The van der Waals surface area contributed by atoms with Gasteiger partial charge in [0.1, 0.15) is 11.5 Å². The van der Waals surface area contributed by atoms with E-state index in [0.29, 0.717) is 6.54 Å². The Labute approximate surface area is 132 Å². The van der Waals surface area contributed by atoms with Crippen molar-refractivity contribution in [3.8, 4) is 0 Å². The first-order chi connectivity index (χ1) is 10.7. The van der Waals surface area contributed by atoms with Crippen LogP contribution in [0.5, 0.6) is 0 Å². The molecular formula is C17H25N3O2. The largest absolute Gasteiger partial charge is 0.468 e. The molecule has 1 saturated heterocycles. The van der Waals surface area contributed by atoms with Crippen LogP contribution in [0.3, 0.4) is 0 Å². The third-order valence-corrected chi connectivity index (χ3v) is 4.47. The van der Waals surface area contributed by atoms with Crippen LogP contribution >= 0.6 is 0 Å². The smallest absolute Gasteiger partial charge is 0.144 e. The highest BCUT2D eigenvalue weighted by Gasteiger charge is 2.30. The number of piperazine rings is 1. The summed E-state index contributed by atoms with van der Waals surface area (Å²) in [4.78, 5) is 4.79. The molecule has 1 unspecified atom stereocenters. The van der Waals surface area contributed by atoms with Gasteiger partial charge in [-0.05, 0) is 31.3 Å². The van der Waals surface area contributed by atoms with Crippen molar-refractivity contribution in [3.63, 3.8) is 0 Å². The van der Waals surface area contributed by atoms with E-state index in [1.54, 1.807) is 13.4 Å². The average molecular weight is 303 g/mol. The summed E-state index contributed by atoms with van der Waals surface area (Å²) in [6, 6.07) is 3.88. The third kappa shape index (κ3) is 3.43. The second-order valence-corrected chi connectivity index (χ2v) is 5.99. The summed E-state index contributed by atoms with van der Waals surface area (Å²) in [6.45, 7) is 4.98. The molecule has 22 heavy (non-hydrogen) atoms. The molecule has 1 aromatic rings. The van der Waals surface area contributed by atoms with Crippen LogP contribution in [0.2, 0.25) is 0 Å². The van der Waals surface area contributed by atoms with E-state index in [1.165, 1.54) is 5.70 Å². The van der Waals surface area contributed by atoms with Crippen molar-refractivity contribution in [2.75, 3.05) is 40.3 Å². The number of nitrogens with one attached hydrogen (secondary N) is 1. The van der Waals surface area contributed by atoms with Crippen molar-refractivity contribution in [2.45, 2.75) is 18.7 Å². The quantitative estimate of drug-likeness (QED) is 0.840. The minimum Gasteiger partial charge on any atom is -0.468 e. The van der Waals surface area contributed by atoms with Gasteiger partial charge in [-0.15, -0.1) is 0 Å². The molecule has 3 rings (SSSR count). The summed E-state index contributed by atoms with van der Waals surface area (Å²) in [7, 11) is 3.93. The molecule has 120 valence electrons. The molecule has 1 atom stereocenters. The fourth-order valence-electron chi connectivity index (χ4n) is 2.95. The lowest BCUT2D eigenvalue weighted by Gasteiger charge is -2.39. The number of furan rings is 1. The number of likely N-dealkylation sites (N-methyl/N-ethyl adjacent to an activating group) is 1. The fourth-order valence-corrected chi connectivity index (χ4v) is 2.95. The van der Waals surface area contributed by atoms with Crippen LogP contribution in [-0.4, -0.2) is 55.9 Å². The van der Waals surface area contributed by atoms with Crippen molar-refractivity contribution < 1.29 is 9.15 Å². The van der Waals surface area contributed by atoms with Gasteiger partial charge in [0.05, 0.1) is 12.8 Å². The monoisotopic (exact) mass is 303 g/mol. The van der Waals surface area contributed by atoms with Gasteiger partial charge >= 0.3 is 0 Å². The van der Waals surface area contributed by atoms with Crippen molar-refractivity contribution >= 4 is 0 Å². The zero-order chi connectivity index (χ0) is 15.4. The van der Waals surface area contributed by atoms with Gasteiger partial charge in [0, 0.05) is 45.4 Å². The van der Waals surface area contributed by atoms with Gasteiger partial charge in [0.15, 0.2) is 0 Å². The van der Waals surface area contributed by atoms with Gasteiger partial charge in [-0.25, -0.2) is 0 Å². The fraction of sp³-hybridized carbons (Fsp3) is 0.529. The summed E-state index contributed by atoms with van der Waals surface area (Å²) in [5.41, 5.74) is 0.786. The Balaban J connectivity index is 1.69. The maximum absolute atomic E-state index is 5.80. The van der Waals surface area contributed by atoms with Crippen molar-refractivity contribution in [1.82, 2.24) is 15.1 Å². The number of rotatable bonds is 5. The number of allylic oxidation sites excluding steroid dienone is 1. The maximum atomic E-state index is 5.80. The van der Waals surface area contributed by atoms with Gasteiger partial charge in [0.25, 0.3) is 0 Å². The molecule has 0 radical (unpaired) electrons. The molecule has 5 nitrogen and oxygen atoms in total. The Bertz CT molecular complexity index is 530. The lowest BCUT2D eigenvalue weighted by Crippen LogP contribution is -2.48. The Kier molecular flexibility index (Phi) is 4.66. The van der Waals surface area contributed by atoms with E-state index in [9.17, 15) is 0 Å². The molecule has 1 aliphatic heterocycles. The van der Waals surface area contributed by atoms with Crippen LogP contribution in [-0.2, 0) is 11.3 Å². The van der Waals surface area contributed by atoms with Gasteiger partial charge in [0.2, 0.25) is 0 Å². The van der Waals surface area contributed by atoms with E-state index in [2.05, 4.69) is 40.4 Å². The van der Waals surface area contributed by atoms with E-state index >= 15 is 0 Å². The molecule has 2 heterocycles.